The molecule has 1 heterocycles. The molecule has 27 rings (SSSR count). The summed E-state index contributed by atoms with van der Waals surface area (Å²) in [7, 11) is 0. The lowest BCUT2D eigenvalue weighted by Gasteiger charge is -2.61. The minimum atomic E-state index is 0.167. The second-order valence-electron chi connectivity index (χ2n) is 35.1. The highest BCUT2D eigenvalue weighted by molar-refractivity contribution is 6.12. The number of hydrogen-bond donors (Lipinski definition) is 0. The maximum absolute atomic E-state index is 2.62. The largest absolute Gasteiger partial charge is 0.310 e. The molecule has 552 valence electrons. The number of fused-ring (bicyclic) bond motifs is 11. The first-order chi connectivity index (χ1) is 56.9. The number of aromatic nitrogens is 1. The topological polar surface area (TPSA) is 11.4 Å². The first-order valence-corrected chi connectivity index (χ1v) is 42.5. The van der Waals surface area contributed by atoms with Gasteiger partial charge in [0, 0.05) is 60.7 Å². The third-order valence-corrected chi connectivity index (χ3v) is 29.4. The van der Waals surface area contributed by atoms with E-state index < -0.39 is 0 Å². The highest BCUT2D eigenvalue weighted by atomic mass is 15.2. The Morgan fingerprint density at radius 2 is 0.600 bits per heavy atom. The molecule has 8 bridgehead atoms. The van der Waals surface area contributed by atoms with Gasteiger partial charge in [-0.25, -0.2) is 0 Å². The summed E-state index contributed by atoms with van der Waals surface area (Å²) in [5.74, 6) is 6.79. The van der Waals surface area contributed by atoms with E-state index in [1.54, 1.807) is 22.3 Å². The van der Waals surface area contributed by atoms with Crippen LogP contribution in [0.25, 0.3) is 116 Å². The summed E-state index contributed by atoms with van der Waals surface area (Å²) in [4.78, 5) is 4.94. The fourth-order valence-corrected chi connectivity index (χ4v) is 25.3. The van der Waals surface area contributed by atoms with Crippen molar-refractivity contribution in [3.8, 4) is 72.4 Å². The Labute approximate surface area is 674 Å². The molecule has 17 aromatic rings. The van der Waals surface area contributed by atoms with Crippen molar-refractivity contribution in [1.82, 2.24) is 4.57 Å². The second kappa shape index (κ2) is 26.5. The number of anilines is 6. The van der Waals surface area contributed by atoms with Gasteiger partial charge in [0.25, 0.3) is 0 Å². The molecule has 3 nitrogen and oxygen atoms in total. The van der Waals surface area contributed by atoms with E-state index in [1.165, 1.54) is 191 Å². The zero-order valence-corrected chi connectivity index (χ0v) is 64.7. The highest BCUT2D eigenvalue weighted by Gasteiger charge is 2.63. The van der Waals surface area contributed by atoms with Gasteiger partial charge in [-0.3, -0.25) is 0 Å². The van der Waals surface area contributed by atoms with Gasteiger partial charge < -0.3 is 14.4 Å². The second-order valence-corrected chi connectivity index (χ2v) is 35.1. The van der Waals surface area contributed by atoms with Gasteiger partial charge in [0.2, 0.25) is 0 Å². The molecule has 0 aliphatic heterocycles. The van der Waals surface area contributed by atoms with Crippen LogP contribution in [-0.2, 0) is 10.8 Å². The van der Waals surface area contributed by atoms with Crippen LogP contribution in [0.1, 0.15) is 86.5 Å². The van der Waals surface area contributed by atoms with E-state index >= 15 is 0 Å². The molecule has 1 aromatic heterocycles. The van der Waals surface area contributed by atoms with Crippen LogP contribution in [-0.4, -0.2) is 4.57 Å². The maximum Gasteiger partial charge on any atom is 0.0542 e. The molecular formula is C112H89N3. The molecule has 0 radical (unpaired) electrons. The van der Waals surface area contributed by atoms with Crippen LogP contribution in [0.4, 0.5) is 34.1 Å². The molecule has 16 aromatic carbocycles. The van der Waals surface area contributed by atoms with Gasteiger partial charge in [0.1, 0.15) is 0 Å². The third kappa shape index (κ3) is 10.4. The molecule has 0 amide bonds. The fraction of sp³-hybridized carbons (Fsp3) is 0.179. The van der Waals surface area contributed by atoms with Crippen LogP contribution < -0.4 is 9.80 Å². The Hall–Kier alpha value is -12.6. The summed E-state index contributed by atoms with van der Waals surface area (Å²) in [6.07, 6.45) is 14.2. The van der Waals surface area contributed by atoms with Crippen molar-refractivity contribution in [2.75, 3.05) is 9.80 Å². The molecule has 115 heavy (non-hydrogen) atoms. The maximum atomic E-state index is 2.62. The van der Waals surface area contributed by atoms with E-state index in [0.29, 0.717) is 0 Å². The fourth-order valence-electron chi connectivity index (χ4n) is 25.3. The van der Waals surface area contributed by atoms with Crippen LogP contribution in [0.3, 0.4) is 0 Å². The smallest absolute Gasteiger partial charge is 0.0542 e. The van der Waals surface area contributed by atoms with E-state index in [-0.39, 0.29) is 10.8 Å². The third-order valence-electron chi connectivity index (χ3n) is 29.4. The Morgan fingerprint density at radius 1 is 0.217 bits per heavy atom. The van der Waals surface area contributed by atoms with Crippen molar-refractivity contribution in [2.45, 2.75) is 75.0 Å². The Kier molecular flexibility index (Phi) is 15.4. The zero-order chi connectivity index (χ0) is 75.5. The van der Waals surface area contributed by atoms with E-state index in [0.717, 1.165) is 70.1 Å². The Morgan fingerprint density at radius 3 is 1.14 bits per heavy atom. The normalized spacial score (nSPS) is 22.5. The van der Waals surface area contributed by atoms with Crippen LogP contribution in [0.2, 0.25) is 0 Å². The van der Waals surface area contributed by atoms with Gasteiger partial charge in [-0.1, -0.05) is 273 Å². The molecule has 0 atom stereocenters. The molecule has 3 heteroatoms. The summed E-state index contributed by atoms with van der Waals surface area (Å²) < 4.78 is 2.40. The molecule has 8 saturated carbocycles. The SMILES string of the molecule is c1ccc(-c2ccc(N(c3ccc(-c4ccc5c(c4)C4(c6ccccc6-5)C5CC6CC(C5)CC4C6)cc3)c3cccc4ccccc34)c(-c3ccccc3)c2)cc1.c1ccc(-n2c3ccccc3c3cc(N(c4ccc(-c5ccc6c(c5)C5(c7ccccc7-6)C6CC7CC(C6)CC5C7)cc4)c4cccc5ccccc45)ccc32)cc1. The van der Waals surface area contributed by atoms with Crippen molar-refractivity contribution in [1.29, 1.82) is 0 Å². The summed E-state index contributed by atoms with van der Waals surface area (Å²) in [6, 6.07) is 139. The van der Waals surface area contributed by atoms with Gasteiger partial charge in [-0.05, 0) is 303 Å². The van der Waals surface area contributed by atoms with Crippen molar-refractivity contribution in [3.63, 3.8) is 0 Å². The van der Waals surface area contributed by atoms with Crippen LogP contribution in [0.5, 0.6) is 0 Å². The number of para-hydroxylation sites is 2. The first kappa shape index (κ1) is 67.0. The van der Waals surface area contributed by atoms with Gasteiger partial charge >= 0.3 is 0 Å². The number of benzene rings is 16. The summed E-state index contributed by atoms with van der Waals surface area (Å²) >= 11 is 0. The monoisotopic (exact) mass is 1480 g/mol. The number of hydrogen-bond acceptors (Lipinski definition) is 2. The average molecular weight is 1480 g/mol. The lowest BCUT2D eigenvalue weighted by molar-refractivity contribution is -0.0399. The molecule has 0 saturated heterocycles. The molecular weight excluding hydrogens is 1390 g/mol. The minimum Gasteiger partial charge on any atom is -0.310 e. The average Bonchev–Trinajstić information content (AvgIpc) is 1.56. The van der Waals surface area contributed by atoms with Gasteiger partial charge in [0.05, 0.1) is 28.1 Å². The standard InChI is InChI=1S/C56H44N2.C56H45N/c1-2-13-43(14-3-1)58-54-19-9-7-17-49(54)50-35-45(26-28-55(50)58)57(53-20-10-12-39-11-4-5-15-46(39)53)44-24-21-38(22-25-44)40-23-27-48-47-16-6-8-18-51(47)56(52(48)34-40)41-30-36-29-37(32-41)33-42(56)31-36;1-3-12-39(13-4-1)43-25-29-55(51(35-43)42-14-5-2-6-15-42)57(54-21-11-17-41-16-7-8-18-48(41)54)47-26-22-40(23-27-47)44-24-28-50-49-19-9-10-20-52(49)56(53(50)36-44)45-31-37-30-38(33-45)34-46(56)32-37/h1-28,34-37,41-42H,29-33H2;1-29,35-38,45-46H,30-34H2. The van der Waals surface area contributed by atoms with Gasteiger partial charge in [-0.15, -0.1) is 0 Å². The number of rotatable bonds is 11. The Bertz CT molecular complexity index is 6620. The van der Waals surface area contributed by atoms with E-state index in [1.807, 2.05) is 0 Å². The summed E-state index contributed by atoms with van der Waals surface area (Å²) in [5.41, 5.74) is 33.3. The molecule has 0 N–H and O–H groups in total. The van der Waals surface area contributed by atoms with Crippen LogP contribution in [0, 0.1) is 47.3 Å². The predicted molar refractivity (Wildman–Crippen MR) is 480 cm³/mol. The molecule has 0 unspecified atom stereocenters. The quantitative estimate of drug-likeness (QED) is 0.128. The van der Waals surface area contributed by atoms with E-state index in [4.69, 9.17) is 0 Å². The molecule has 2 spiro atoms. The van der Waals surface area contributed by atoms with E-state index in [9.17, 15) is 0 Å². The zero-order valence-electron chi connectivity index (χ0n) is 64.7. The Balaban J connectivity index is 0.000000133. The molecule has 10 aliphatic rings. The number of nitrogens with zero attached hydrogens (tertiary/aromatic N) is 3. The van der Waals surface area contributed by atoms with Crippen LogP contribution in [0.15, 0.2) is 370 Å². The van der Waals surface area contributed by atoms with E-state index in [2.05, 4.69) is 384 Å². The molecule has 8 fully saturated rings. The lowest BCUT2D eigenvalue weighted by Crippen LogP contribution is -2.55. The van der Waals surface area contributed by atoms with Crippen molar-refractivity contribution < 1.29 is 0 Å². The minimum absolute atomic E-state index is 0.167. The van der Waals surface area contributed by atoms with Gasteiger partial charge in [0.15, 0.2) is 0 Å². The molecule has 10 aliphatic carbocycles. The summed E-state index contributed by atoms with van der Waals surface area (Å²) in [5, 5.41) is 7.44. The lowest BCUT2D eigenvalue weighted by atomic mass is 9.43. The predicted octanol–water partition coefficient (Wildman–Crippen LogP) is 29.8. The van der Waals surface area contributed by atoms with Crippen molar-refractivity contribution in [3.05, 3.63) is 392 Å². The van der Waals surface area contributed by atoms with Crippen molar-refractivity contribution >= 4 is 77.5 Å². The summed E-state index contributed by atoms with van der Waals surface area (Å²) in [6.45, 7) is 0. The van der Waals surface area contributed by atoms with Crippen molar-refractivity contribution in [2.24, 2.45) is 47.3 Å². The van der Waals surface area contributed by atoms with Crippen LogP contribution >= 0.6 is 0 Å². The van der Waals surface area contributed by atoms with Gasteiger partial charge in [-0.2, -0.15) is 0 Å². The highest BCUT2D eigenvalue weighted by Crippen LogP contribution is 2.72. The first-order valence-electron chi connectivity index (χ1n) is 42.5.